The number of benzene rings is 1. The van der Waals surface area contributed by atoms with Crippen molar-refractivity contribution in [3.63, 3.8) is 0 Å². The average Bonchev–Trinajstić information content (AvgIpc) is 2.53. The summed E-state index contributed by atoms with van der Waals surface area (Å²) in [4.78, 5) is 0.237. The first-order valence-electron chi connectivity index (χ1n) is 6.75. The van der Waals surface area contributed by atoms with Gasteiger partial charge in [0.15, 0.2) is 9.84 Å². The Bertz CT molecular complexity index is 586. The van der Waals surface area contributed by atoms with E-state index in [1.807, 2.05) is 6.07 Å². The zero-order valence-corrected chi connectivity index (χ0v) is 12.4. The Hall–Kier alpha value is -1.46. The third-order valence-corrected chi connectivity index (χ3v) is 4.88. The molecule has 1 saturated heterocycles. The van der Waals surface area contributed by atoms with Gasteiger partial charge in [-0.1, -0.05) is 0 Å². The molecule has 1 aliphatic heterocycles. The minimum atomic E-state index is -3.33. The van der Waals surface area contributed by atoms with Crippen molar-refractivity contribution in [3.8, 4) is 6.07 Å². The lowest BCUT2D eigenvalue weighted by Gasteiger charge is -2.23. The van der Waals surface area contributed by atoms with E-state index in [9.17, 15) is 8.42 Å². The fourth-order valence-corrected chi connectivity index (χ4v) is 3.18. The van der Waals surface area contributed by atoms with Gasteiger partial charge in [0.25, 0.3) is 0 Å². The molecule has 0 radical (unpaired) electrons. The molecule has 0 aliphatic carbocycles. The minimum absolute atomic E-state index is 0.00643. The Morgan fingerprint density at radius 1 is 1.29 bits per heavy atom. The van der Waals surface area contributed by atoms with Crippen molar-refractivity contribution in [3.05, 3.63) is 29.8 Å². The van der Waals surface area contributed by atoms with Crippen LogP contribution in [0.3, 0.4) is 0 Å². The predicted octanol–water partition coefficient (Wildman–Crippen LogP) is 0.337. The number of nitrogens with zero attached hydrogens (tertiary/aromatic N) is 1. The highest BCUT2D eigenvalue weighted by atomic mass is 32.2. The van der Waals surface area contributed by atoms with E-state index >= 15 is 0 Å². The molecule has 0 spiro atoms. The SMILES string of the molecule is N#Cc1ccc(S(=O)(=O)CCNCC2COCCO2)cc1. The van der Waals surface area contributed by atoms with E-state index in [0.717, 1.165) is 0 Å². The van der Waals surface area contributed by atoms with Crippen molar-refractivity contribution in [1.29, 1.82) is 5.26 Å². The summed E-state index contributed by atoms with van der Waals surface area (Å²) in [6, 6.07) is 7.90. The molecule has 1 aromatic carbocycles. The van der Waals surface area contributed by atoms with Gasteiger partial charge in [0.05, 0.1) is 48.2 Å². The molecule has 1 atom stereocenters. The summed E-state index contributed by atoms with van der Waals surface area (Å²) in [5, 5.41) is 11.8. The molecular weight excluding hydrogens is 292 g/mol. The van der Waals surface area contributed by atoms with Crippen LogP contribution < -0.4 is 5.32 Å². The summed E-state index contributed by atoms with van der Waals surface area (Å²) < 4.78 is 34.9. The van der Waals surface area contributed by atoms with Crippen LogP contribution in [0.4, 0.5) is 0 Å². The van der Waals surface area contributed by atoms with Crippen LogP contribution in [0.25, 0.3) is 0 Å². The minimum Gasteiger partial charge on any atom is -0.376 e. The maximum absolute atomic E-state index is 12.1. The van der Waals surface area contributed by atoms with Crippen LogP contribution >= 0.6 is 0 Å². The molecule has 1 N–H and O–H groups in total. The average molecular weight is 310 g/mol. The second kappa shape index (κ2) is 7.52. The number of nitriles is 1. The van der Waals surface area contributed by atoms with Gasteiger partial charge in [-0.25, -0.2) is 8.42 Å². The quantitative estimate of drug-likeness (QED) is 0.762. The zero-order chi connectivity index (χ0) is 15.1. The van der Waals surface area contributed by atoms with Gasteiger partial charge in [-0.15, -0.1) is 0 Å². The maximum Gasteiger partial charge on any atom is 0.179 e. The summed E-state index contributed by atoms with van der Waals surface area (Å²) in [5.74, 6) is 0.00643. The lowest BCUT2D eigenvalue weighted by atomic mass is 10.2. The summed E-state index contributed by atoms with van der Waals surface area (Å²) in [7, 11) is -3.33. The highest BCUT2D eigenvalue weighted by Gasteiger charge is 2.16. The number of hydrogen-bond acceptors (Lipinski definition) is 6. The van der Waals surface area contributed by atoms with E-state index < -0.39 is 9.84 Å². The van der Waals surface area contributed by atoms with Gasteiger partial charge >= 0.3 is 0 Å². The lowest BCUT2D eigenvalue weighted by molar-refractivity contribution is -0.0861. The second-order valence-electron chi connectivity index (χ2n) is 4.73. The second-order valence-corrected chi connectivity index (χ2v) is 6.84. The van der Waals surface area contributed by atoms with Gasteiger partial charge in [-0.3, -0.25) is 0 Å². The molecule has 1 fully saturated rings. The monoisotopic (exact) mass is 310 g/mol. The molecule has 1 aliphatic rings. The highest BCUT2D eigenvalue weighted by molar-refractivity contribution is 7.91. The van der Waals surface area contributed by atoms with Crippen molar-refractivity contribution in [2.24, 2.45) is 0 Å². The van der Waals surface area contributed by atoms with Crippen molar-refractivity contribution in [2.75, 3.05) is 38.7 Å². The van der Waals surface area contributed by atoms with Gasteiger partial charge in [0.2, 0.25) is 0 Å². The fourth-order valence-electron chi connectivity index (χ4n) is 1.98. The van der Waals surface area contributed by atoms with Gasteiger partial charge in [0, 0.05) is 13.1 Å². The number of ether oxygens (including phenoxy) is 2. The maximum atomic E-state index is 12.1. The van der Waals surface area contributed by atoms with E-state index in [-0.39, 0.29) is 16.8 Å². The number of sulfone groups is 1. The Balaban J connectivity index is 1.79. The topological polar surface area (TPSA) is 88.4 Å². The first kappa shape index (κ1) is 15.9. The van der Waals surface area contributed by atoms with Crippen LogP contribution in [0.15, 0.2) is 29.2 Å². The molecule has 114 valence electrons. The Kier molecular flexibility index (Phi) is 5.70. The Morgan fingerprint density at radius 3 is 2.67 bits per heavy atom. The Morgan fingerprint density at radius 2 is 2.05 bits per heavy atom. The number of nitrogens with one attached hydrogen (secondary N) is 1. The van der Waals surface area contributed by atoms with E-state index in [1.54, 1.807) is 0 Å². The third kappa shape index (κ3) is 4.79. The molecule has 0 amide bonds. The lowest BCUT2D eigenvalue weighted by Crippen LogP contribution is -2.38. The van der Waals surface area contributed by atoms with E-state index in [1.165, 1.54) is 24.3 Å². The van der Waals surface area contributed by atoms with Gasteiger partial charge < -0.3 is 14.8 Å². The predicted molar refractivity (Wildman–Crippen MR) is 76.6 cm³/mol. The normalized spacial score (nSPS) is 19.1. The summed E-state index contributed by atoms with van der Waals surface area (Å²) >= 11 is 0. The van der Waals surface area contributed by atoms with Crippen LogP contribution in [0.1, 0.15) is 5.56 Å². The number of hydrogen-bond donors (Lipinski definition) is 1. The first-order valence-corrected chi connectivity index (χ1v) is 8.40. The molecule has 0 aromatic heterocycles. The molecule has 6 nitrogen and oxygen atoms in total. The molecule has 21 heavy (non-hydrogen) atoms. The van der Waals surface area contributed by atoms with Gasteiger partial charge in [-0.05, 0) is 24.3 Å². The standard InChI is InChI=1S/C14H18N2O4S/c15-9-12-1-3-14(4-2-12)21(17,18)8-5-16-10-13-11-19-6-7-20-13/h1-4,13,16H,5-8,10-11H2. The van der Waals surface area contributed by atoms with E-state index in [0.29, 0.717) is 38.5 Å². The van der Waals surface area contributed by atoms with Crippen molar-refractivity contribution in [2.45, 2.75) is 11.0 Å². The van der Waals surface area contributed by atoms with Crippen LogP contribution in [0.5, 0.6) is 0 Å². The summed E-state index contributed by atoms with van der Waals surface area (Å²) in [6.45, 7) is 2.65. The molecule has 1 heterocycles. The molecule has 7 heteroatoms. The largest absolute Gasteiger partial charge is 0.376 e. The van der Waals surface area contributed by atoms with Gasteiger partial charge in [-0.2, -0.15) is 5.26 Å². The van der Waals surface area contributed by atoms with Crippen molar-refractivity contribution >= 4 is 9.84 Å². The fraction of sp³-hybridized carbons (Fsp3) is 0.500. The van der Waals surface area contributed by atoms with E-state index in [4.69, 9.17) is 14.7 Å². The van der Waals surface area contributed by atoms with Crippen LogP contribution in [-0.2, 0) is 19.3 Å². The Labute approximate surface area is 124 Å². The molecule has 0 saturated carbocycles. The highest BCUT2D eigenvalue weighted by Crippen LogP contribution is 2.11. The molecule has 2 rings (SSSR count). The van der Waals surface area contributed by atoms with Crippen LogP contribution in [0, 0.1) is 11.3 Å². The third-order valence-electron chi connectivity index (χ3n) is 3.15. The molecular formula is C14H18N2O4S. The summed E-state index contributed by atoms with van der Waals surface area (Å²) in [6.07, 6.45) is -0.0173. The van der Waals surface area contributed by atoms with Crippen LogP contribution in [0.2, 0.25) is 0 Å². The summed E-state index contributed by atoms with van der Waals surface area (Å²) in [5.41, 5.74) is 0.446. The van der Waals surface area contributed by atoms with Gasteiger partial charge in [0.1, 0.15) is 0 Å². The number of rotatable bonds is 6. The van der Waals surface area contributed by atoms with Crippen LogP contribution in [-0.4, -0.2) is 53.2 Å². The zero-order valence-electron chi connectivity index (χ0n) is 11.6. The molecule has 0 bridgehead atoms. The van der Waals surface area contributed by atoms with Crippen molar-refractivity contribution < 1.29 is 17.9 Å². The smallest absolute Gasteiger partial charge is 0.179 e. The van der Waals surface area contributed by atoms with Crippen molar-refractivity contribution in [1.82, 2.24) is 5.32 Å². The van der Waals surface area contributed by atoms with E-state index in [2.05, 4.69) is 5.32 Å². The molecule has 1 unspecified atom stereocenters. The molecule has 1 aromatic rings. The first-order chi connectivity index (χ1) is 10.1.